The fraction of sp³-hybridized carbons (Fsp3) is 0.118. The number of fused-ring (bicyclic) bond motifs is 1. The van der Waals surface area contributed by atoms with Gasteiger partial charge in [0.15, 0.2) is 0 Å². The molecule has 0 aromatic heterocycles. The number of amides is 1. The summed E-state index contributed by atoms with van der Waals surface area (Å²) in [4.78, 5) is 25.2. The van der Waals surface area contributed by atoms with E-state index in [1.807, 2.05) is 42.5 Å². The van der Waals surface area contributed by atoms with Crippen molar-refractivity contribution >= 4 is 39.9 Å². The van der Waals surface area contributed by atoms with Crippen LogP contribution < -0.4 is 10.6 Å². The van der Waals surface area contributed by atoms with E-state index in [0.717, 1.165) is 22.4 Å². The average molecular weight is 603 g/mol. The van der Waals surface area contributed by atoms with Crippen LogP contribution in [0.1, 0.15) is 39.5 Å². The SMILES string of the molecule is O=C(O)CC(NC(=O)c1cc(Cl)ccc1NCc1cccc2ccccc12)c1ccc(-c2ccccc2C(F)(F)F)cc1. The molecule has 0 bridgehead atoms. The fourth-order valence-electron chi connectivity index (χ4n) is 5.04. The number of aliphatic carboxylic acids is 1. The van der Waals surface area contributed by atoms with Gasteiger partial charge in [-0.05, 0) is 57.3 Å². The van der Waals surface area contributed by atoms with Crippen molar-refractivity contribution in [3.8, 4) is 11.1 Å². The third kappa shape index (κ3) is 6.98. The number of hydrogen-bond acceptors (Lipinski definition) is 3. The monoisotopic (exact) mass is 602 g/mol. The number of carbonyl (C=O) groups is 2. The second-order valence-corrected chi connectivity index (χ2v) is 10.4. The summed E-state index contributed by atoms with van der Waals surface area (Å²) in [6, 6.07) is 29.0. The Hall–Kier alpha value is -4.82. The first-order valence-electron chi connectivity index (χ1n) is 13.4. The van der Waals surface area contributed by atoms with E-state index in [9.17, 15) is 27.9 Å². The number of rotatable bonds is 9. The third-order valence-electron chi connectivity index (χ3n) is 7.12. The Balaban J connectivity index is 1.39. The third-order valence-corrected chi connectivity index (χ3v) is 7.35. The summed E-state index contributed by atoms with van der Waals surface area (Å²) in [5.74, 6) is -1.71. The minimum atomic E-state index is -4.54. The molecule has 43 heavy (non-hydrogen) atoms. The van der Waals surface area contributed by atoms with E-state index in [2.05, 4.69) is 10.6 Å². The number of nitrogens with one attached hydrogen (secondary N) is 2. The molecule has 1 atom stereocenters. The van der Waals surface area contributed by atoms with Crippen molar-refractivity contribution in [2.45, 2.75) is 25.2 Å². The van der Waals surface area contributed by atoms with Crippen LogP contribution in [0, 0.1) is 0 Å². The number of carboxylic acid groups (broad SMARTS) is 1. The highest BCUT2D eigenvalue weighted by Gasteiger charge is 2.33. The van der Waals surface area contributed by atoms with Crippen molar-refractivity contribution < 1.29 is 27.9 Å². The van der Waals surface area contributed by atoms with Crippen LogP contribution in [0.3, 0.4) is 0 Å². The van der Waals surface area contributed by atoms with Crippen molar-refractivity contribution in [3.63, 3.8) is 0 Å². The molecule has 1 amide bonds. The van der Waals surface area contributed by atoms with Crippen LogP contribution in [0.25, 0.3) is 21.9 Å². The molecule has 0 radical (unpaired) electrons. The van der Waals surface area contributed by atoms with Crippen molar-refractivity contribution in [1.82, 2.24) is 5.32 Å². The van der Waals surface area contributed by atoms with Gasteiger partial charge in [-0.15, -0.1) is 0 Å². The number of benzene rings is 5. The average Bonchev–Trinajstić information content (AvgIpc) is 2.99. The van der Waals surface area contributed by atoms with Gasteiger partial charge in [0.05, 0.1) is 23.6 Å². The molecule has 0 fully saturated rings. The maximum absolute atomic E-state index is 13.5. The summed E-state index contributed by atoms with van der Waals surface area (Å²) in [6.45, 7) is 0.419. The molecular formula is C34H26ClF3N2O3. The van der Waals surface area contributed by atoms with Crippen LogP contribution in [-0.4, -0.2) is 17.0 Å². The highest BCUT2D eigenvalue weighted by molar-refractivity contribution is 6.31. The van der Waals surface area contributed by atoms with Crippen LogP contribution >= 0.6 is 11.6 Å². The minimum absolute atomic E-state index is 0.00112. The van der Waals surface area contributed by atoms with Crippen LogP contribution in [0.2, 0.25) is 5.02 Å². The van der Waals surface area contributed by atoms with Gasteiger partial charge >= 0.3 is 12.1 Å². The largest absolute Gasteiger partial charge is 0.481 e. The maximum atomic E-state index is 13.5. The van der Waals surface area contributed by atoms with Crippen LogP contribution in [0.5, 0.6) is 0 Å². The lowest BCUT2D eigenvalue weighted by Crippen LogP contribution is -2.30. The molecular weight excluding hydrogens is 577 g/mol. The summed E-state index contributed by atoms with van der Waals surface area (Å²) in [6.07, 6.45) is -4.98. The molecule has 5 rings (SSSR count). The number of halogens is 4. The van der Waals surface area contributed by atoms with Crippen molar-refractivity contribution in [1.29, 1.82) is 0 Å². The lowest BCUT2D eigenvalue weighted by molar-refractivity contribution is -0.138. The van der Waals surface area contributed by atoms with Crippen molar-refractivity contribution in [2.24, 2.45) is 0 Å². The molecule has 0 aliphatic carbocycles. The summed E-state index contributed by atoms with van der Waals surface area (Å²) < 4.78 is 40.6. The van der Waals surface area contributed by atoms with Gasteiger partial charge < -0.3 is 15.7 Å². The van der Waals surface area contributed by atoms with Gasteiger partial charge in [-0.2, -0.15) is 13.2 Å². The number of carboxylic acids is 1. The van der Waals surface area contributed by atoms with E-state index < -0.39 is 36.1 Å². The second kappa shape index (κ2) is 12.6. The number of anilines is 1. The molecule has 5 aromatic rings. The molecule has 0 saturated carbocycles. The molecule has 0 spiro atoms. The molecule has 5 nitrogen and oxygen atoms in total. The summed E-state index contributed by atoms with van der Waals surface area (Å²) in [5, 5.41) is 18.1. The van der Waals surface area contributed by atoms with E-state index in [0.29, 0.717) is 28.4 Å². The second-order valence-electron chi connectivity index (χ2n) is 9.97. The Bertz CT molecular complexity index is 1780. The number of alkyl halides is 3. The van der Waals surface area contributed by atoms with Crippen LogP contribution in [0.4, 0.5) is 18.9 Å². The van der Waals surface area contributed by atoms with Gasteiger partial charge in [0.2, 0.25) is 0 Å². The van der Waals surface area contributed by atoms with E-state index in [-0.39, 0.29) is 11.1 Å². The quantitative estimate of drug-likeness (QED) is 0.158. The van der Waals surface area contributed by atoms with E-state index in [1.54, 1.807) is 12.1 Å². The maximum Gasteiger partial charge on any atom is 0.417 e. The zero-order valence-electron chi connectivity index (χ0n) is 22.7. The zero-order valence-corrected chi connectivity index (χ0v) is 23.4. The number of carbonyl (C=O) groups excluding carboxylic acids is 1. The first kappa shape index (κ1) is 29.7. The van der Waals surface area contributed by atoms with Gasteiger partial charge in [-0.25, -0.2) is 0 Å². The zero-order chi connectivity index (χ0) is 30.6. The lowest BCUT2D eigenvalue weighted by atomic mass is 9.96. The smallest absolute Gasteiger partial charge is 0.417 e. The Morgan fingerprint density at radius 1 is 0.837 bits per heavy atom. The summed E-state index contributed by atoms with van der Waals surface area (Å²) in [5.41, 5.74) is 1.71. The summed E-state index contributed by atoms with van der Waals surface area (Å²) in [7, 11) is 0. The Morgan fingerprint density at radius 3 is 2.28 bits per heavy atom. The predicted octanol–water partition coefficient (Wildman–Crippen LogP) is 8.74. The van der Waals surface area contributed by atoms with Crippen molar-refractivity contribution in [2.75, 3.05) is 5.32 Å². The van der Waals surface area contributed by atoms with E-state index in [4.69, 9.17) is 11.6 Å². The standard InChI is InChI=1S/C34H26ClF3N2O3/c35-25-16-17-30(39-20-24-8-5-7-21-6-1-2-9-26(21)24)28(18-25)33(43)40-31(19-32(41)42)23-14-12-22(13-15-23)27-10-3-4-11-29(27)34(36,37)38/h1-18,31,39H,19-20H2,(H,40,43)(H,41,42). The van der Waals surface area contributed by atoms with Crippen LogP contribution in [0.15, 0.2) is 109 Å². The molecule has 0 aliphatic heterocycles. The normalized spacial score (nSPS) is 12.1. The van der Waals surface area contributed by atoms with E-state index >= 15 is 0 Å². The first-order chi connectivity index (χ1) is 20.6. The molecule has 5 aromatic carbocycles. The highest BCUT2D eigenvalue weighted by atomic mass is 35.5. The highest BCUT2D eigenvalue weighted by Crippen LogP contribution is 2.37. The number of hydrogen-bond donors (Lipinski definition) is 3. The molecule has 0 heterocycles. The predicted molar refractivity (Wildman–Crippen MR) is 162 cm³/mol. The Kier molecular flexibility index (Phi) is 8.68. The molecule has 3 N–H and O–H groups in total. The lowest BCUT2D eigenvalue weighted by Gasteiger charge is -2.20. The van der Waals surface area contributed by atoms with Crippen LogP contribution in [-0.2, 0) is 17.5 Å². The van der Waals surface area contributed by atoms with Gasteiger partial charge in [-0.3, -0.25) is 9.59 Å². The molecule has 1 unspecified atom stereocenters. The first-order valence-corrected chi connectivity index (χ1v) is 13.8. The molecule has 0 aliphatic rings. The molecule has 218 valence electrons. The van der Waals surface area contributed by atoms with E-state index in [1.165, 1.54) is 48.5 Å². The Morgan fingerprint density at radius 2 is 1.53 bits per heavy atom. The minimum Gasteiger partial charge on any atom is -0.481 e. The van der Waals surface area contributed by atoms with Gasteiger partial charge in [0.25, 0.3) is 5.91 Å². The van der Waals surface area contributed by atoms with Gasteiger partial charge in [-0.1, -0.05) is 96.5 Å². The Labute approximate surface area is 250 Å². The summed E-state index contributed by atoms with van der Waals surface area (Å²) >= 11 is 6.23. The fourth-order valence-corrected chi connectivity index (χ4v) is 5.21. The van der Waals surface area contributed by atoms with Gasteiger partial charge in [0, 0.05) is 17.3 Å². The molecule has 9 heteroatoms. The van der Waals surface area contributed by atoms with Gasteiger partial charge in [0.1, 0.15) is 0 Å². The van der Waals surface area contributed by atoms with Crippen molar-refractivity contribution in [3.05, 3.63) is 136 Å². The topological polar surface area (TPSA) is 78.4 Å². The molecule has 0 saturated heterocycles.